The average Bonchev–Trinajstić information content (AvgIpc) is 2.19. The molecular formula is C12H23NO4. The predicted octanol–water partition coefficient (Wildman–Crippen LogP) is 1.13. The molecule has 0 saturated carbocycles. The lowest BCUT2D eigenvalue weighted by Crippen LogP contribution is -2.71. The zero-order chi connectivity index (χ0) is 13.2. The van der Waals surface area contributed by atoms with Crippen molar-refractivity contribution < 1.29 is 19.7 Å². The summed E-state index contributed by atoms with van der Waals surface area (Å²) < 4.78 is 5.26. The van der Waals surface area contributed by atoms with Crippen LogP contribution in [0.15, 0.2) is 0 Å². The Morgan fingerprint density at radius 3 is 2.35 bits per heavy atom. The normalized spacial score (nSPS) is 28.8. The predicted molar refractivity (Wildman–Crippen MR) is 63.6 cm³/mol. The van der Waals surface area contributed by atoms with E-state index in [0.717, 1.165) is 12.8 Å². The van der Waals surface area contributed by atoms with Gasteiger partial charge < -0.3 is 14.9 Å². The van der Waals surface area contributed by atoms with Gasteiger partial charge in [-0.05, 0) is 27.2 Å². The van der Waals surface area contributed by atoms with Crippen molar-refractivity contribution in [2.75, 3.05) is 6.61 Å². The monoisotopic (exact) mass is 245 g/mol. The van der Waals surface area contributed by atoms with Crippen molar-refractivity contribution in [3.63, 3.8) is 0 Å². The second-order valence-electron chi connectivity index (χ2n) is 5.48. The van der Waals surface area contributed by atoms with Crippen molar-refractivity contribution >= 4 is 6.09 Å². The highest BCUT2D eigenvalue weighted by Crippen LogP contribution is 2.31. The lowest BCUT2D eigenvalue weighted by atomic mass is 9.87. The van der Waals surface area contributed by atoms with Crippen molar-refractivity contribution in [2.24, 2.45) is 0 Å². The number of carbonyl (C=O) groups is 1. The smallest absolute Gasteiger partial charge is 0.411 e. The summed E-state index contributed by atoms with van der Waals surface area (Å²) in [6.45, 7) is 7.14. The van der Waals surface area contributed by atoms with Crippen LogP contribution in [0.2, 0.25) is 0 Å². The van der Waals surface area contributed by atoms with Crippen LogP contribution < -0.4 is 0 Å². The number of amides is 1. The van der Waals surface area contributed by atoms with Crippen molar-refractivity contribution in [3.8, 4) is 0 Å². The minimum Gasteiger partial charge on any atom is -0.444 e. The van der Waals surface area contributed by atoms with Gasteiger partial charge >= 0.3 is 6.09 Å². The quantitative estimate of drug-likeness (QED) is 0.782. The number of ether oxygens (including phenoxy) is 1. The molecule has 1 heterocycles. The first-order valence-electron chi connectivity index (χ1n) is 6.12. The molecule has 5 nitrogen and oxygen atoms in total. The van der Waals surface area contributed by atoms with Crippen LogP contribution in [-0.2, 0) is 4.74 Å². The third-order valence-electron chi connectivity index (χ3n) is 2.88. The van der Waals surface area contributed by atoms with Crippen molar-refractivity contribution in [1.82, 2.24) is 4.90 Å². The van der Waals surface area contributed by atoms with E-state index in [4.69, 9.17) is 9.84 Å². The fraction of sp³-hybridized carbons (Fsp3) is 0.917. The molecule has 3 atom stereocenters. The number of likely N-dealkylation sites (tertiary alicyclic amines) is 1. The molecule has 5 heteroatoms. The maximum atomic E-state index is 11.9. The second kappa shape index (κ2) is 5.23. The number of carbonyl (C=O) groups excluding carboxylic acids is 1. The third-order valence-corrected chi connectivity index (χ3v) is 2.88. The molecule has 0 bridgehead atoms. The highest BCUT2D eigenvalue weighted by Gasteiger charge is 2.50. The minimum absolute atomic E-state index is 0.230. The second-order valence-corrected chi connectivity index (χ2v) is 5.48. The summed E-state index contributed by atoms with van der Waals surface area (Å²) >= 11 is 0. The number of nitrogens with zero attached hydrogens (tertiary/aromatic N) is 1. The summed E-state index contributed by atoms with van der Waals surface area (Å²) in [6, 6.07) is -0.756. The number of aliphatic hydroxyl groups excluding tert-OH is 2. The first-order valence-corrected chi connectivity index (χ1v) is 6.12. The van der Waals surface area contributed by atoms with Crippen LogP contribution in [-0.4, -0.2) is 51.6 Å². The molecule has 0 aromatic heterocycles. The highest BCUT2D eigenvalue weighted by molar-refractivity contribution is 5.70. The maximum absolute atomic E-state index is 11.9. The molecular weight excluding hydrogens is 222 g/mol. The maximum Gasteiger partial charge on any atom is 0.411 e. The Labute approximate surface area is 102 Å². The molecule has 17 heavy (non-hydrogen) atoms. The molecule has 1 aliphatic heterocycles. The van der Waals surface area contributed by atoms with Gasteiger partial charge in [0.2, 0.25) is 0 Å². The Morgan fingerprint density at radius 2 is 1.94 bits per heavy atom. The standard InChI is InChI=1S/C12H23NO4/c1-5-6-8-10(15)9(7-14)13(8)11(16)17-12(2,3)4/h8-10,14-15H,5-7H2,1-4H3/t8-,9-,10+/m0/s1. The number of hydrogen-bond donors (Lipinski definition) is 2. The lowest BCUT2D eigenvalue weighted by molar-refractivity contribution is -0.130. The van der Waals surface area contributed by atoms with E-state index < -0.39 is 23.8 Å². The van der Waals surface area contributed by atoms with Crippen LogP contribution in [0.3, 0.4) is 0 Å². The van der Waals surface area contributed by atoms with Gasteiger partial charge in [-0.25, -0.2) is 4.79 Å². The van der Waals surface area contributed by atoms with Gasteiger partial charge in [0.05, 0.1) is 24.8 Å². The summed E-state index contributed by atoms with van der Waals surface area (Å²) in [5.74, 6) is 0. The van der Waals surface area contributed by atoms with Gasteiger partial charge in [0.1, 0.15) is 5.60 Å². The van der Waals surface area contributed by atoms with Crippen LogP contribution in [0.25, 0.3) is 0 Å². The summed E-state index contributed by atoms with van der Waals surface area (Å²) in [5, 5.41) is 19.0. The molecule has 0 unspecified atom stereocenters. The molecule has 1 aliphatic rings. The number of hydrogen-bond acceptors (Lipinski definition) is 4. The first kappa shape index (κ1) is 14.3. The van der Waals surface area contributed by atoms with E-state index in [0.29, 0.717) is 0 Å². The van der Waals surface area contributed by atoms with Crippen LogP contribution >= 0.6 is 0 Å². The molecule has 0 aliphatic carbocycles. The summed E-state index contributed by atoms with van der Waals surface area (Å²) in [4.78, 5) is 13.4. The molecule has 2 N–H and O–H groups in total. The SMILES string of the molecule is CCC[C@H]1[C@@H](O)[C@H](CO)N1C(=O)OC(C)(C)C. The third kappa shape index (κ3) is 3.10. The van der Waals surface area contributed by atoms with E-state index in [9.17, 15) is 9.90 Å². The van der Waals surface area contributed by atoms with Crippen LogP contribution in [0.1, 0.15) is 40.5 Å². The van der Waals surface area contributed by atoms with Crippen molar-refractivity contribution in [2.45, 2.75) is 64.3 Å². The van der Waals surface area contributed by atoms with E-state index in [2.05, 4.69) is 0 Å². The number of rotatable bonds is 3. The van der Waals surface area contributed by atoms with Gasteiger partial charge in [0.25, 0.3) is 0 Å². The first-order chi connectivity index (χ1) is 7.81. The Hall–Kier alpha value is -0.810. The Balaban J connectivity index is 2.68. The molecule has 0 radical (unpaired) electrons. The molecule has 1 amide bonds. The minimum atomic E-state index is -0.646. The van der Waals surface area contributed by atoms with E-state index in [1.54, 1.807) is 20.8 Å². The van der Waals surface area contributed by atoms with Gasteiger partial charge in [0, 0.05) is 0 Å². The fourth-order valence-corrected chi connectivity index (χ4v) is 2.12. The van der Waals surface area contributed by atoms with E-state index in [1.807, 2.05) is 6.92 Å². The zero-order valence-electron chi connectivity index (χ0n) is 11.0. The van der Waals surface area contributed by atoms with E-state index in [1.165, 1.54) is 4.90 Å². The summed E-state index contributed by atoms with van der Waals surface area (Å²) in [7, 11) is 0. The largest absolute Gasteiger partial charge is 0.444 e. The molecule has 0 aromatic rings. The van der Waals surface area contributed by atoms with Crippen LogP contribution in [0, 0.1) is 0 Å². The number of aliphatic hydroxyl groups is 2. The molecule has 0 aromatic carbocycles. The fourth-order valence-electron chi connectivity index (χ4n) is 2.12. The molecule has 0 spiro atoms. The Kier molecular flexibility index (Phi) is 4.38. The van der Waals surface area contributed by atoms with Crippen LogP contribution in [0.4, 0.5) is 4.79 Å². The van der Waals surface area contributed by atoms with Crippen LogP contribution in [0.5, 0.6) is 0 Å². The topological polar surface area (TPSA) is 70.0 Å². The average molecular weight is 245 g/mol. The van der Waals surface area contributed by atoms with Gasteiger partial charge in [0.15, 0.2) is 0 Å². The van der Waals surface area contributed by atoms with Gasteiger partial charge in [-0.1, -0.05) is 13.3 Å². The molecule has 100 valence electrons. The van der Waals surface area contributed by atoms with E-state index in [-0.39, 0.29) is 12.6 Å². The lowest BCUT2D eigenvalue weighted by Gasteiger charge is -2.51. The Bertz CT molecular complexity index is 274. The zero-order valence-corrected chi connectivity index (χ0v) is 11.0. The van der Waals surface area contributed by atoms with Gasteiger partial charge in [-0.3, -0.25) is 4.90 Å². The molecule has 1 saturated heterocycles. The van der Waals surface area contributed by atoms with Crippen molar-refractivity contribution in [1.29, 1.82) is 0 Å². The van der Waals surface area contributed by atoms with Crippen molar-refractivity contribution in [3.05, 3.63) is 0 Å². The van der Waals surface area contributed by atoms with Gasteiger partial charge in [-0.2, -0.15) is 0 Å². The summed E-state index contributed by atoms with van der Waals surface area (Å²) in [6.07, 6.45) is 0.489. The highest BCUT2D eigenvalue weighted by atomic mass is 16.6. The van der Waals surface area contributed by atoms with E-state index >= 15 is 0 Å². The van der Waals surface area contributed by atoms with Gasteiger partial charge in [-0.15, -0.1) is 0 Å². The molecule has 1 rings (SSSR count). The summed E-state index contributed by atoms with van der Waals surface area (Å²) in [5.41, 5.74) is -0.561. The Morgan fingerprint density at radius 1 is 1.35 bits per heavy atom. The molecule has 1 fully saturated rings.